The Labute approximate surface area is 78.1 Å². The van der Waals surface area contributed by atoms with Crippen molar-refractivity contribution in [3.63, 3.8) is 0 Å². The first-order chi connectivity index (χ1) is 6.33. The molecule has 2 heteroatoms. The maximum Gasteiger partial charge on any atom is 0.0953 e. The fraction of sp³-hybridized carbons (Fsp3) is 0.636. The second kappa shape index (κ2) is 2.38. The molecular weight excluding hydrogens is 162 g/mol. The Kier molecular flexibility index (Phi) is 1.40. The van der Waals surface area contributed by atoms with Gasteiger partial charge in [0.15, 0.2) is 0 Å². The van der Waals surface area contributed by atoms with Crippen LogP contribution >= 0.6 is 0 Å². The van der Waals surface area contributed by atoms with Crippen LogP contribution in [0.4, 0.5) is 0 Å². The minimum atomic E-state index is -0.0243. The summed E-state index contributed by atoms with van der Waals surface area (Å²) in [5.41, 5.74) is 7.59. The van der Waals surface area contributed by atoms with Gasteiger partial charge in [0.05, 0.1) is 18.1 Å². The topological polar surface area (TPSA) is 39.2 Å². The van der Waals surface area contributed by atoms with Gasteiger partial charge in [0, 0.05) is 5.56 Å². The van der Waals surface area contributed by atoms with Gasteiger partial charge in [0.2, 0.25) is 0 Å². The highest BCUT2D eigenvalue weighted by Crippen LogP contribution is 2.62. The number of furan rings is 1. The Bertz CT molecular complexity index is 292. The van der Waals surface area contributed by atoms with E-state index in [4.69, 9.17) is 10.2 Å². The molecule has 0 aliphatic heterocycles. The van der Waals surface area contributed by atoms with Crippen molar-refractivity contribution in [3.05, 3.63) is 24.2 Å². The highest BCUT2D eigenvalue weighted by Gasteiger charge is 2.63. The monoisotopic (exact) mass is 177 g/mol. The van der Waals surface area contributed by atoms with Gasteiger partial charge < -0.3 is 10.2 Å². The van der Waals surface area contributed by atoms with E-state index in [2.05, 4.69) is 0 Å². The fourth-order valence-electron chi connectivity index (χ4n) is 3.11. The predicted molar refractivity (Wildman–Crippen MR) is 50.0 cm³/mol. The summed E-state index contributed by atoms with van der Waals surface area (Å²) in [5, 5.41) is 0. The molecule has 2 nitrogen and oxygen atoms in total. The molecule has 2 saturated carbocycles. The van der Waals surface area contributed by atoms with Gasteiger partial charge in [-0.05, 0) is 30.7 Å². The van der Waals surface area contributed by atoms with Gasteiger partial charge in [0.1, 0.15) is 0 Å². The van der Waals surface area contributed by atoms with E-state index < -0.39 is 0 Å². The van der Waals surface area contributed by atoms with Gasteiger partial charge in [-0.1, -0.05) is 12.8 Å². The van der Waals surface area contributed by atoms with Crippen molar-refractivity contribution in [3.8, 4) is 0 Å². The van der Waals surface area contributed by atoms with Crippen LogP contribution in [0.15, 0.2) is 23.0 Å². The lowest BCUT2D eigenvalue weighted by Gasteiger charge is -2.07. The van der Waals surface area contributed by atoms with Gasteiger partial charge in [-0.15, -0.1) is 0 Å². The van der Waals surface area contributed by atoms with Crippen molar-refractivity contribution in [2.24, 2.45) is 17.6 Å². The maximum atomic E-state index is 6.40. The Morgan fingerprint density at radius 1 is 1.31 bits per heavy atom. The van der Waals surface area contributed by atoms with Gasteiger partial charge in [0.25, 0.3) is 0 Å². The molecule has 0 spiro atoms. The summed E-state index contributed by atoms with van der Waals surface area (Å²) in [7, 11) is 0. The third-order valence-corrected chi connectivity index (χ3v) is 3.91. The molecule has 0 radical (unpaired) electrons. The molecule has 0 amide bonds. The molecular formula is C11H15NO. The molecule has 3 rings (SSSR count). The molecule has 0 aromatic carbocycles. The zero-order valence-electron chi connectivity index (χ0n) is 7.70. The van der Waals surface area contributed by atoms with Gasteiger partial charge in [-0.2, -0.15) is 0 Å². The van der Waals surface area contributed by atoms with E-state index in [0.29, 0.717) is 0 Å². The molecule has 2 aliphatic carbocycles. The standard InChI is InChI=1S/C11H15NO/c12-11(8-5-6-13-7-8)9-3-1-2-4-10(9)11/h5-7,9-10H,1-4,12H2. The largest absolute Gasteiger partial charge is 0.472 e. The first kappa shape index (κ1) is 7.63. The Morgan fingerprint density at radius 2 is 2.00 bits per heavy atom. The highest BCUT2D eigenvalue weighted by molar-refractivity contribution is 5.32. The normalized spacial score (nSPS) is 42.8. The van der Waals surface area contributed by atoms with Crippen LogP contribution in [0, 0.1) is 11.8 Å². The van der Waals surface area contributed by atoms with Crippen molar-refractivity contribution in [2.45, 2.75) is 31.2 Å². The van der Waals surface area contributed by atoms with Crippen molar-refractivity contribution < 1.29 is 4.42 Å². The van der Waals surface area contributed by atoms with Crippen LogP contribution in [0.3, 0.4) is 0 Å². The number of hydrogen-bond acceptors (Lipinski definition) is 2. The first-order valence-electron chi connectivity index (χ1n) is 5.15. The molecule has 2 N–H and O–H groups in total. The quantitative estimate of drug-likeness (QED) is 0.714. The summed E-state index contributed by atoms with van der Waals surface area (Å²) in [6.45, 7) is 0. The molecule has 1 heterocycles. The molecule has 2 aliphatic rings. The first-order valence-corrected chi connectivity index (χ1v) is 5.15. The van der Waals surface area contributed by atoms with E-state index in [9.17, 15) is 0 Å². The number of fused-ring (bicyclic) bond motifs is 1. The molecule has 1 aromatic heterocycles. The van der Waals surface area contributed by atoms with Crippen molar-refractivity contribution >= 4 is 0 Å². The van der Waals surface area contributed by atoms with Crippen molar-refractivity contribution in [1.29, 1.82) is 0 Å². The highest BCUT2D eigenvalue weighted by atomic mass is 16.3. The van der Waals surface area contributed by atoms with Crippen LogP contribution in [0.5, 0.6) is 0 Å². The number of hydrogen-bond donors (Lipinski definition) is 1. The number of rotatable bonds is 1. The van der Waals surface area contributed by atoms with Crippen LogP contribution in [-0.2, 0) is 5.54 Å². The van der Waals surface area contributed by atoms with E-state index in [1.54, 1.807) is 6.26 Å². The average Bonchev–Trinajstić information content (AvgIpc) is 2.62. The summed E-state index contributed by atoms with van der Waals surface area (Å²) in [5.74, 6) is 1.47. The van der Waals surface area contributed by atoms with Crippen LogP contribution in [0.1, 0.15) is 31.2 Å². The molecule has 0 bridgehead atoms. The lowest BCUT2D eigenvalue weighted by molar-refractivity contribution is 0.480. The molecule has 2 atom stereocenters. The van der Waals surface area contributed by atoms with Crippen molar-refractivity contribution in [1.82, 2.24) is 0 Å². The van der Waals surface area contributed by atoms with Crippen LogP contribution in [0.2, 0.25) is 0 Å². The molecule has 70 valence electrons. The smallest absolute Gasteiger partial charge is 0.0953 e. The SMILES string of the molecule is NC1(c2ccoc2)C2CCCCC21. The van der Waals surface area contributed by atoms with E-state index in [0.717, 1.165) is 11.8 Å². The van der Waals surface area contributed by atoms with E-state index in [-0.39, 0.29) is 5.54 Å². The molecule has 0 saturated heterocycles. The lowest BCUT2D eigenvalue weighted by atomic mass is 10.0. The molecule has 13 heavy (non-hydrogen) atoms. The second-order valence-corrected chi connectivity index (χ2v) is 4.44. The number of nitrogens with two attached hydrogens (primary N) is 1. The minimum absolute atomic E-state index is 0.0243. The van der Waals surface area contributed by atoms with Crippen LogP contribution < -0.4 is 5.73 Å². The maximum absolute atomic E-state index is 6.40. The average molecular weight is 177 g/mol. The Balaban J connectivity index is 1.92. The summed E-state index contributed by atoms with van der Waals surface area (Å²) in [4.78, 5) is 0. The zero-order chi connectivity index (χ0) is 8.89. The Morgan fingerprint density at radius 3 is 2.54 bits per heavy atom. The predicted octanol–water partition coefficient (Wildman–Crippen LogP) is 2.25. The van der Waals surface area contributed by atoms with E-state index >= 15 is 0 Å². The third-order valence-electron chi connectivity index (χ3n) is 3.91. The molecule has 2 fully saturated rings. The summed E-state index contributed by atoms with van der Waals surface area (Å²) >= 11 is 0. The van der Waals surface area contributed by atoms with Crippen LogP contribution in [-0.4, -0.2) is 0 Å². The van der Waals surface area contributed by atoms with Gasteiger partial charge in [-0.3, -0.25) is 0 Å². The second-order valence-electron chi connectivity index (χ2n) is 4.44. The minimum Gasteiger partial charge on any atom is -0.472 e. The van der Waals surface area contributed by atoms with Crippen molar-refractivity contribution in [2.75, 3.05) is 0 Å². The molecule has 1 aromatic rings. The summed E-state index contributed by atoms with van der Waals surface area (Å²) in [6, 6.07) is 2.03. The fourth-order valence-corrected chi connectivity index (χ4v) is 3.11. The zero-order valence-corrected chi connectivity index (χ0v) is 7.70. The summed E-state index contributed by atoms with van der Waals surface area (Å²) in [6.07, 6.45) is 8.89. The molecule has 2 unspecified atom stereocenters. The van der Waals surface area contributed by atoms with Gasteiger partial charge >= 0.3 is 0 Å². The third kappa shape index (κ3) is 0.869. The van der Waals surface area contributed by atoms with Crippen LogP contribution in [0.25, 0.3) is 0 Å². The van der Waals surface area contributed by atoms with E-state index in [1.165, 1.54) is 31.2 Å². The summed E-state index contributed by atoms with van der Waals surface area (Å²) < 4.78 is 5.11. The lowest BCUT2D eigenvalue weighted by Crippen LogP contribution is -2.22. The Hall–Kier alpha value is -0.760. The van der Waals surface area contributed by atoms with E-state index in [1.807, 2.05) is 12.3 Å². The van der Waals surface area contributed by atoms with Gasteiger partial charge in [-0.25, -0.2) is 0 Å².